The van der Waals surface area contributed by atoms with E-state index in [-0.39, 0.29) is 24.2 Å². The van der Waals surface area contributed by atoms with Gasteiger partial charge < -0.3 is 14.8 Å². The van der Waals surface area contributed by atoms with E-state index >= 15 is 0 Å². The summed E-state index contributed by atoms with van der Waals surface area (Å²) in [6, 6.07) is 10.5. The average molecular weight is 321 g/mol. The second-order valence-corrected chi connectivity index (χ2v) is 6.86. The van der Waals surface area contributed by atoms with Gasteiger partial charge in [0.25, 0.3) is 0 Å². The molecule has 120 valence electrons. The van der Waals surface area contributed by atoms with Crippen LogP contribution in [0.3, 0.4) is 0 Å². The second-order valence-electron chi connectivity index (χ2n) is 5.87. The smallest absolute Gasteiger partial charge is 0.230 e. The van der Waals surface area contributed by atoms with E-state index in [2.05, 4.69) is 17.4 Å². The molecule has 22 heavy (non-hydrogen) atoms. The molecule has 0 spiro atoms. The first-order chi connectivity index (χ1) is 10.8. The Morgan fingerprint density at radius 2 is 1.91 bits per heavy atom. The van der Waals surface area contributed by atoms with E-state index in [4.69, 9.17) is 9.47 Å². The van der Waals surface area contributed by atoms with E-state index < -0.39 is 0 Å². The molecule has 1 saturated carbocycles. The number of carbonyl (C=O) groups excluding carboxylic acids is 1. The lowest BCUT2D eigenvalue weighted by Gasteiger charge is -2.39. The van der Waals surface area contributed by atoms with Crippen molar-refractivity contribution in [3.05, 3.63) is 35.9 Å². The fourth-order valence-corrected chi connectivity index (χ4v) is 3.90. The van der Waals surface area contributed by atoms with Gasteiger partial charge in [0.15, 0.2) is 0 Å². The first-order valence-corrected chi connectivity index (χ1v) is 9.11. The van der Waals surface area contributed by atoms with Gasteiger partial charge in [-0.3, -0.25) is 4.79 Å². The highest BCUT2D eigenvalue weighted by molar-refractivity contribution is 7.99. The molecule has 0 unspecified atom stereocenters. The number of hydrogen-bond donors (Lipinski definition) is 1. The van der Waals surface area contributed by atoms with Crippen molar-refractivity contribution in [3.8, 4) is 0 Å². The molecule has 3 rings (SSSR count). The normalized spacial score (nSPS) is 27.9. The molecule has 1 saturated heterocycles. The summed E-state index contributed by atoms with van der Waals surface area (Å²) in [5.41, 5.74) is 1.26. The Labute approximate surface area is 135 Å². The van der Waals surface area contributed by atoms with E-state index in [1.54, 1.807) is 11.8 Å². The van der Waals surface area contributed by atoms with Crippen LogP contribution in [0.1, 0.15) is 24.8 Å². The Morgan fingerprint density at radius 3 is 2.73 bits per heavy atom. The molecule has 1 aliphatic heterocycles. The van der Waals surface area contributed by atoms with Crippen molar-refractivity contribution in [2.45, 2.75) is 43.3 Å². The molecule has 2 aliphatic rings. The third-order valence-corrected chi connectivity index (χ3v) is 5.19. The summed E-state index contributed by atoms with van der Waals surface area (Å²) in [4.78, 5) is 12.1. The zero-order valence-corrected chi connectivity index (χ0v) is 13.5. The van der Waals surface area contributed by atoms with Gasteiger partial charge in [-0.1, -0.05) is 30.3 Å². The lowest BCUT2D eigenvalue weighted by Crippen LogP contribution is -2.49. The average Bonchev–Trinajstić information content (AvgIpc) is 2.56. The summed E-state index contributed by atoms with van der Waals surface area (Å²) in [6.45, 7) is 1.38. The van der Waals surface area contributed by atoms with Crippen molar-refractivity contribution in [3.63, 3.8) is 0 Å². The van der Waals surface area contributed by atoms with Gasteiger partial charge in [0, 0.05) is 11.8 Å². The standard InChI is InChI=1S/C17H23NO3S/c19-17(12-22-11-13-4-2-1-3-5-13)18-14-6-7-15-16(10-14)21-9-8-20-15/h1-5,14-16H,6-12H2,(H,18,19)/t14-,15+,16-/m1/s1. The molecule has 0 radical (unpaired) electrons. The van der Waals surface area contributed by atoms with E-state index in [1.165, 1.54) is 5.56 Å². The molecule has 5 heteroatoms. The SMILES string of the molecule is O=C(CSCc1ccccc1)N[C@@H]1CC[C@@H]2OCCO[C@@H]2C1. The number of nitrogens with one attached hydrogen (secondary N) is 1. The number of carbonyl (C=O) groups is 1. The maximum Gasteiger partial charge on any atom is 0.230 e. The van der Waals surface area contributed by atoms with Crippen LogP contribution in [0.4, 0.5) is 0 Å². The first kappa shape index (κ1) is 15.8. The maximum absolute atomic E-state index is 12.1. The van der Waals surface area contributed by atoms with Gasteiger partial charge in [-0.2, -0.15) is 0 Å². The second kappa shape index (κ2) is 7.99. The van der Waals surface area contributed by atoms with Gasteiger partial charge in [-0.15, -0.1) is 11.8 Å². The molecule has 0 aromatic heterocycles. The zero-order valence-electron chi connectivity index (χ0n) is 12.7. The van der Waals surface area contributed by atoms with Gasteiger partial charge in [0.2, 0.25) is 5.91 Å². The molecule has 1 heterocycles. The lowest BCUT2D eigenvalue weighted by molar-refractivity contribution is -0.158. The minimum atomic E-state index is 0.126. The van der Waals surface area contributed by atoms with Crippen molar-refractivity contribution in [1.82, 2.24) is 5.32 Å². The largest absolute Gasteiger partial charge is 0.373 e. The van der Waals surface area contributed by atoms with Crippen molar-refractivity contribution in [1.29, 1.82) is 0 Å². The molecular weight excluding hydrogens is 298 g/mol. The van der Waals surface area contributed by atoms with Gasteiger partial charge in [-0.25, -0.2) is 0 Å². The highest BCUT2D eigenvalue weighted by Gasteiger charge is 2.34. The van der Waals surface area contributed by atoms with E-state index in [9.17, 15) is 4.79 Å². The number of fused-ring (bicyclic) bond motifs is 1. The molecule has 2 fully saturated rings. The van der Waals surface area contributed by atoms with Crippen LogP contribution in [-0.4, -0.2) is 43.1 Å². The van der Waals surface area contributed by atoms with Crippen molar-refractivity contribution in [2.75, 3.05) is 19.0 Å². The molecule has 1 amide bonds. The van der Waals surface area contributed by atoms with Crippen molar-refractivity contribution < 1.29 is 14.3 Å². The third kappa shape index (κ3) is 4.48. The predicted molar refractivity (Wildman–Crippen MR) is 87.9 cm³/mol. The van der Waals surface area contributed by atoms with Gasteiger partial charge in [0.1, 0.15) is 0 Å². The third-order valence-electron chi connectivity index (χ3n) is 4.19. The minimum absolute atomic E-state index is 0.126. The number of benzene rings is 1. The highest BCUT2D eigenvalue weighted by Crippen LogP contribution is 2.26. The molecule has 1 aromatic rings. The molecular formula is C17H23NO3S. The lowest BCUT2D eigenvalue weighted by atomic mass is 9.89. The van der Waals surface area contributed by atoms with Crippen LogP contribution < -0.4 is 5.32 Å². The summed E-state index contributed by atoms with van der Waals surface area (Å²) in [5.74, 6) is 1.51. The fraction of sp³-hybridized carbons (Fsp3) is 0.588. The van der Waals surface area contributed by atoms with Crippen molar-refractivity contribution in [2.24, 2.45) is 0 Å². The predicted octanol–water partition coefficient (Wildman–Crippen LogP) is 2.37. The summed E-state index contributed by atoms with van der Waals surface area (Å²) < 4.78 is 11.5. The first-order valence-electron chi connectivity index (χ1n) is 7.95. The number of amides is 1. The van der Waals surface area contributed by atoms with Crippen LogP contribution in [0.15, 0.2) is 30.3 Å². The number of ether oxygens (including phenoxy) is 2. The van der Waals surface area contributed by atoms with E-state index in [0.717, 1.165) is 25.0 Å². The van der Waals surface area contributed by atoms with Crippen LogP contribution in [-0.2, 0) is 20.0 Å². The van der Waals surface area contributed by atoms with Crippen LogP contribution in [0.25, 0.3) is 0 Å². The van der Waals surface area contributed by atoms with Gasteiger partial charge >= 0.3 is 0 Å². The molecule has 1 aromatic carbocycles. The van der Waals surface area contributed by atoms with Crippen LogP contribution in [0, 0.1) is 0 Å². The van der Waals surface area contributed by atoms with Gasteiger partial charge in [0.05, 0.1) is 31.2 Å². The molecule has 1 N–H and O–H groups in total. The minimum Gasteiger partial charge on any atom is -0.373 e. The topological polar surface area (TPSA) is 47.6 Å². The Hall–Kier alpha value is -1.04. The Kier molecular flexibility index (Phi) is 5.76. The molecule has 3 atom stereocenters. The highest BCUT2D eigenvalue weighted by atomic mass is 32.2. The Balaban J connectivity index is 1.37. The van der Waals surface area contributed by atoms with Crippen LogP contribution in [0.5, 0.6) is 0 Å². The number of hydrogen-bond acceptors (Lipinski definition) is 4. The maximum atomic E-state index is 12.1. The Bertz CT molecular complexity index is 482. The van der Waals surface area contributed by atoms with Crippen LogP contribution >= 0.6 is 11.8 Å². The van der Waals surface area contributed by atoms with Crippen molar-refractivity contribution >= 4 is 17.7 Å². The molecule has 4 nitrogen and oxygen atoms in total. The summed E-state index contributed by atoms with van der Waals surface area (Å²) in [5, 5.41) is 3.14. The fourth-order valence-electron chi connectivity index (χ4n) is 3.10. The Morgan fingerprint density at radius 1 is 1.14 bits per heavy atom. The number of thioether (sulfide) groups is 1. The summed E-state index contributed by atoms with van der Waals surface area (Å²) >= 11 is 1.66. The summed E-state index contributed by atoms with van der Waals surface area (Å²) in [7, 11) is 0. The molecule has 1 aliphatic carbocycles. The monoisotopic (exact) mass is 321 g/mol. The van der Waals surface area contributed by atoms with Gasteiger partial charge in [-0.05, 0) is 24.8 Å². The van der Waals surface area contributed by atoms with E-state index in [1.807, 2.05) is 18.2 Å². The van der Waals surface area contributed by atoms with Crippen LogP contribution in [0.2, 0.25) is 0 Å². The van der Waals surface area contributed by atoms with E-state index in [0.29, 0.717) is 19.0 Å². The summed E-state index contributed by atoms with van der Waals surface area (Å²) in [6.07, 6.45) is 3.23. The number of rotatable bonds is 5. The molecule has 0 bridgehead atoms. The zero-order chi connectivity index (χ0) is 15.2. The quantitative estimate of drug-likeness (QED) is 0.904.